The van der Waals surface area contributed by atoms with E-state index >= 15 is 0 Å². The number of hydrogen-bond acceptors (Lipinski definition) is 5. The zero-order valence-electron chi connectivity index (χ0n) is 18.8. The summed E-state index contributed by atoms with van der Waals surface area (Å²) in [7, 11) is 0. The summed E-state index contributed by atoms with van der Waals surface area (Å²) in [5.74, 6) is 2.01. The van der Waals surface area contributed by atoms with E-state index in [0.29, 0.717) is 12.5 Å². The van der Waals surface area contributed by atoms with E-state index in [0.717, 1.165) is 63.2 Å². The molecular formula is C22H39IN4O3. The zero-order chi connectivity index (χ0) is 21.1. The van der Waals surface area contributed by atoms with Gasteiger partial charge in [-0.2, -0.15) is 0 Å². The van der Waals surface area contributed by atoms with Crippen molar-refractivity contribution >= 4 is 29.9 Å². The summed E-state index contributed by atoms with van der Waals surface area (Å²) >= 11 is 0. The molecule has 2 unspecified atom stereocenters. The maximum absolute atomic E-state index is 10.5. The number of benzene rings is 1. The molecule has 1 aliphatic heterocycles. The quantitative estimate of drug-likeness (QED) is 0.244. The van der Waals surface area contributed by atoms with E-state index in [1.54, 1.807) is 0 Å². The Balaban J connectivity index is 0.00000450. The standard InChI is InChI=1S/C22H38N4O3.HI/c1-5-23-22(24-14-18(4)16-26-10-12-28-13-11-26)25-15-21(27)19-6-8-20(9-7-19)29-17(2)3;/h6-9,17-18,21,27H,5,10-16H2,1-4H3,(H2,23,24,25);1H. The van der Waals surface area contributed by atoms with Crippen LogP contribution in [0.25, 0.3) is 0 Å². The van der Waals surface area contributed by atoms with Gasteiger partial charge in [0.05, 0.1) is 25.4 Å². The van der Waals surface area contributed by atoms with Gasteiger partial charge in [-0.05, 0) is 44.4 Å². The Morgan fingerprint density at radius 3 is 2.43 bits per heavy atom. The number of aliphatic hydroxyl groups is 1. The van der Waals surface area contributed by atoms with Gasteiger partial charge in [-0.3, -0.25) is 9.89 Å². The van der Waals surface area contributed by atoms with E-state index in [-0.39, 0.29) is 30.1 Å². The molecule has 0 spiro atoms. The maximum atomic E-state index is 10.5. The molecule has 2 rings (SSSR count). The van der Waals surface area contributed by atoms with Crippen LogP contribution < -0.4 is 15.4 Å². The van der Waals surface area contributed by atoms with E-state index in [9.17, 15) is 5.11 Å². The van der Waals surface area contributed by atoms with Gasteiger partial charge in [-0.25, -0.2) is 0 Å². The van der Waals surface area contributed by atoms with Crippen LogP contribution in [-0.2, 0) is 4.74 Å². The van der Waals surface area contributed by atoms with Crippen molar-refractivity contribution in [2.45, 2.75) is 39.9 Å². The minimum atomic E-state index is -0.613. The van der Waals surface area contributed by atoms with Gasteiger partial charge in [-0.1, -0.05) is 19.1 Å². The average Bonchev–Trinajstić information content (AvgIpc) is 2.70. The molecule has 0 radical (unpaired) electrons. The van der Waals surface area contributed by atoms with Gasteiger partial charge >= 0.3 is 0 Å². The fraction of sp³-hybridized carbons (Fsp3) is 0.682. The van der Waals surface area contributed by atoms with Crippen molar-refractivity contribution < 1.29 is 14.6 Å². The molecule has 0 saturated carbocycles. The molecule has 30 heavy (non-hydrogen) atoms. The third-order valence-electron chi connectivity index (χ3n) is 4.68. The van der Waals surface area contributed by atoms with Gasteiger partial charge in [0.25, 0.3) is 0 Å². The fourth-order valence-electron chi connectivity index (χ4n) is 3.22. The maximum Gasteiger partial charge on any atom is 0.191 e. The number of aliphatic imine (C=N–C) groups is 1. The van der Waals surface area contributed by atoms with Crippen molar-refractivity contribution in [3.8, 4) is 5.75 Å². The molecule has 2 atom stereocenters. The molecule has 172 valence electrons. The number of nitrogens with zero attached hydrogens (tertiary/aromatic N) is 2. The fourth-order valence-corrected chi connectivity index (χ4v) is 3.22. The summed E-state index contributed by atoms with van der Waals surface area (Å²) in [6, 6.07) is 7.59. The largest absolute Gasteiger partial charge is 0.491 e. The van der Waals surface area contributed by atoms with Crippen LogP contribution in [0.1, 0.15) is 39.4 Å². The molecule has 0 aliphatic carbocycles. The second kappa shape index (κ2) is 14.8. The Kier molecular flexibility index (Phi) is 13.3. The SMILES string of the molecule is CCNC(=NCC(C)CN1CCOCC1)NCC(O)c1ccc(OC(C)C)cc1.I. The van der Waals surface area contributed by atoms with Crippen molar-refractivity contribution in [2.75, 3.05) is 52.5 Å². The average molecular weight is 534 g/mol. The Bertz CT molecular complexity index is 607. The van der Waals surface area contributed by atoms with Crippen LogP contribution in [0.15, 0.2) is 29.3 Å². The highest BCUT2D eigenvalue weighted by Crippen LogP contribution is 2.18. The Hall–Kier alpha value is -1.10. The van der Waals surface area contributed by atoms with Crippen molar-refractivity contribution in [3.63, 3.8) is 0 Å². The number of morpholine rings is 1. The molecule has 1 saturated heterocycles. The van der Waals surface area contributed by atoms with Crippen LogP contribution in [0.4, 0.5) is 0 Å². The monoisotopic (exact) mass is 534 g/mol. The molecule has 3 N–H and O–H groups in total. The van der Waals surface area contributed by atoms with Crippen LogP contribution in [0.3, 0.4) is 0 Å². The first-order valence-electron chi connectivity index (χ1n) is 10.7. The van der Waals surface area contributed by atoms with Crippen molar-refractivity contribution in [3.05, 3.63) is 29.8 Å². The summed E-state index contributed by atoms with van der Waals surface area (Å²) in [4.78, 5) is 7.13. The molecular weight excluding hydrogens is 495 g/mol. The second-order valence-electron chi connectivity index (χ2n) is 7.87. The molecule has 1 aromatic carbocycles. The number of halogens is 1. The Morgan fingerprint density at radius 1 is 1.17 bits per heavy atom. The minimum Gasteiger partial charge on any atom is -0.491 e. The molecule has 1 heterocycles. The van der Waals surface area contributed by atoms with Gasteiger partial charge in [0.1, 0.15) is 5.75 Å². The number of aliphatic hydroxyl groups excluding tert-OH is 1. The highest BCUT2D eigenvalue weighted by molar-refractivity contribution is 14.0. The van der Waals surface area contributed by atoms with Crippen molar-refractivity contribution in [1.82, 2.24) is 15.5 Å². The number of rotatable bonds is 10. The van der Waals surface area contributed by atoms with Crippen LogP contribution in [-0.4, -0.2) is 74.6 Å². The lowest BCUT2D eigenvalue weighted by atomic mass is 10.1. The summed E-state index contributed by atoms with van der Waals surface area (Å²) in [6.45, 7) is 14.8. The van der Waals surface area contributed by atoms with E-state index in [4.69, 9.17) is 14.5 Å². The zero-order valence-corrected chi connectivity index (χ0v) is 21.1. The normalized spacial score (nSPS) is 17.2. The molecule has 1 aliphatic rings. The lowest BCUT2D eigenvalue weighted by Gasteiger charge is -2.28. The van der Waals surface area contributed by atoms with Crippen molar-refractivity contribution in [2.24, 2.45) is 10.9 Å². The topological polar surface area (TPSA) is 78.4 Å². The van der Waals surface area contributed by atoms with Gasteiger partial charge in [0, 0.05) is 39.3 Å². The highest BCUT2D eigenvalue weighted by atomic mass is 127. The van der Waals surface area contributed by atoms with Crippen LogP contribution in [0, 0.1) is 5.92 Å². The summed E-state index contributed by atoms with van der Waals surface area (Å²) in [5.41, 5.74) is 0.852. The smallest absolute Gasteiger partial charge is 0.191 e. The van der Waals surface area contributed by atoms with Crippen LogP contribution in [0.5, 0.6) is 5.75 Å². The first-order valence-corrected chi connectivity index (χ1v) is 10.7. The molecule has 7 nitrogen and oxygen atoms in total. The van der Waals surface area contributed by atoms with Gasteiger partial charge in [0.15, 0.2) is 5.96 Å². The van der Waals surface area contributed by atoms with E-state index in [1.807, 2.05) is 45.0 Å². The lowest BCUT2D eigenvalue weighted by Crippen LogP contribution is -2.41. The van der Waals surface area contributed by atoms with Crippen LogP contribution in [0.2, 0.25) is 0 Å². The predicted octanol–water partition coefficient (Wildman–Crippen LogP) is 2.65. The van der Waals surface area contributed by atoms with Gasteiger partial charge < -0.3 is 25.2 Å². The lowest BCUT2D eigenvalue weighted by molar-refractivity contribution is 0.0323. The molecule has 0 bridgehead atoms. The van der Waals surface area contributed by atoms with E-state index in [1.165, 1.54) is 0 Å². The number of ether oxygens (including phenoxy) is 2. The second-order valence-corrected chi connectivity index (χ2v) is 7.87. The molecule has 0 amide bonds. The van der Waals surface area contributed by atoms with E-state index < -0.39 is 6.10 Å². The van der Waals surface area contributed by atoms with Crippen LogP contribution >= 0.6 is 24.0 Å². The first-order chi connectivity index (χ1) is 14.0. The Morgan fingerprint density at radius 2 is 1.83 bits per heavy atom. The molecule has 0 aromatic heterocycles. The number of guanidine groups is 1. The minimum absolute atomic E-state index is 0. The summed E-state index contributed by atoms with van der Waals surface area (Å²) < 4.78 is 11.1. The summed E-state index contributed by atoms with van der Waals surface area (Å²) in [5, 5.41) is 17.0. The number of hydrogen-bond donors (Lipinski definition) is 3. The molecule has 8 heteroatoms. The first kappa shape index (κ1) is 26.9. The third kappa shape index (κ3) is 10.3. The third-order valence-corrected chi connectivity index (χ3v) is 4.68. The molecule has 1 aromatic rings. The van der Waals surface area contributed by atoms with Gasteiger partial charge in [0.2, 0.25) is 0 Å². The summed E-state index contributed by atoms with van der Waals surface area (Å²) in [6.07, 6.45) is -0.477. The Labute approximate surface area is 198 Å². The molecule has 1 fully saturated rings. The van der Waals surface area contributed by atoms with E-state index in [2.05, 4.69) is 22.5 Å². The number of nitrogens with one attached hydrogen (secondary N) is 2. The van der Waals surface area contributed by atoms with Gasteiger partial charge in [-0.15, -0.1) is 24.0 Å². The highest BCUT2D eigenvalue weighted by Gasteiger charge is 2.14. The van der Waals surface area contributed by atoms with Crippen molar-refractivity contribution in [1.29, 1.82) is 0 Å². The predicted molar refractivity (Wildman–Crippen MR) is 133 cm³/mol.